The summed E-state index contributed by atoms with van der Waals surface area (Å²) in [5, 5.41) is 19.5. The second-order valence-electron chi connectivity index (χ2n) is 12.5. The summed E-state index contributed by atoms with van der Waals surface area (Å²) in [7, 11) is 3.86. The van der Waals surface area contributed by atoms with Crippen LogP contribution < -0.4 is 5.32 Å². The number of aromatic nitrogens is 5. The zero-order valence-electron chi connectivity index (χ0n) is 26.8. The lowest BCUT2D eigenvalue weighted by Gasteiger charge is -2.31. The van der Waals surface area contributed by atoms with Crippen LogP contribution in [0.15, 0.2) is 60.9 Å². The van der Waals surface area contributed by atoms with Crippen molar-refractivity contribution in [2.45, 2.75) is 58.7 Å². The number of carbonyl (C=O) groups is 1. The molecular weight excluding hydrogens is 566 g/mol. The van der Waals surface area contributed by atoms with E-state index in [1.807, 2.05) is 80.0 Å². The lowest BCUT2D eigenvalue weighted by Crippen LogP contribution is -2.40. The van der Waals surface area contributed by atoms with E-state index < -0.39 is 5.60 Å². The van der Waals surface area contributed by atoms with Crippen LogP contribution in [-0.4, -0.2) is 66.4 Å². The van der Waals surface area contributed by atoms with Crippen molar-refractivity contribution in [2.75, 3.05) is 25.6 Å². The number of hydrogen-bond acceptors (Lipinski definition) is 7. The molecule has 10 heteroatoms. The normalized spacial score (nSPS) is 14.2. The summed E-state index contributed by atoms with van der Waals surface area (Å²) < 4.78 is 9.30. The molecule has 0 unspecified atom stereocenters. The zero-order valence-corrected chi connectivity index (χ0v) is 26.8. The standard InChI is InChI=1S/C35H41N7O3/c1-22-10-11-25(19-28(22)34(43)41(6)27-12-16-45-17-13-27)31-23(2)39-42-30(20-29(35(3,4)44)38-33(31)42)37-21-24-8-7-9-26(18-24)32-36-14-15-40(32)5/h7-11,14-15,18-20,27,37,44H,12-13,16-17,21H2,1-6H3. The molecule has 1 amide bonds. The van der Waals surface area contributed by atoms with E-state index in [2.05, 4.69) is 22.4 Å². The number of carbonyl (C=O) groups excluding carboxylic acids is 1. The summed E-state index contributed by atoms with van der Waals surface area (Å²) >= 11 is 0. The third kappa shape index (κ3) is 6.08. The van der Waals surface area contributed by atoms with Crippen LogP contribution in [-0.2, 0) is 23.9 Å². The number of hydrogen-bond donors (Lipinski definition) is 2. The van der Waals surface area contributed by atoms with Gasteiger partial charge in [-0.2, -0.15) is 9.61 Å². The summed E-state index contributed by atoms with van der Waals surface area (Å²) in [4.78, 5) is 25.0. The highest BCUT2D eigenvalue weighted by atomic mass is 16.5. The number of ether oxygens (including phenoxy) is 1. The first kappa shape index (κ1) is 30.5. The van der Waals surface area contributed by atoms with E-state index in [-0.39, 0.29) is 11.9 Å². The van der Waals surface area contributed by atoms with Gasteiger partial charge in [0.25, 0.3) is 5.91 Å². The predicted octanol–water partition coefficient (Wildman–Crippen LogP) is 5.50. The van der Waals surface area contributed by atoms with E-state index in [9.17, 15) is 9.90 Å². The van der Waals surface area contributed by atoms with Crippen LogP contribution >= 0.6 is 0 Å². The Kier molecular flexibility index (Phi) is 8.20. The SMILES string of the molecule is Cc1ccc(-c2c(C)nn3c(NCc4cccc(-c5nccn5C)c4)cc(C(C)(C)O)nc23)cc1C(=O)N(C)C1CCOCC1. The van der Waals surface area contributed by atoms with Gasteiger partial charge in [-0.05, 0) is 69.4 Å². The summed E-state index contributed by atoms with van der Waals surface area (Å²) in [6.07, 6.45) is 5.39. The number of amides is 1. The van der Waals surface area contributed by atoms with Crippen LogP contribution in [0.3, 0.4) is 0 Å². The molecule has 0 atom stereocenters. The molecule has 0 spiro atoms. The summed E-state index contributed by atoms with van der Waals surface area (Å²) in [6, 6.07) is 16.2. The van der Waals surface area contributed by atoms with E-state index in [0.29, 0.717) is 42.5 Å². The van der Waals surface area contributed by atoms with Gasteiger partial charge in [0.1, 0.15) is 17.2 Å². The van der Waals surface area contributed by atoms with E-state index in [1.165, 1.54) is 0 Å². The number of anilines is 1. The molecule has 234 valence electrons. The van der Waals surface area contributed by atoms with Gasteiger partial charge in [-0.3, -0.25) is 4.79 Å². The molecule has 3 aromatic heterocycles. The molecule has 0 radical (unpaired) electrons. The number of rotatable bonds is 8. The van der Waals surface area contributed by atoms with Crippen molar-refractivity contribution < 1.29 is 14.6 Å². The number of fused-ring (bicyclic) bond motifs is 1. The van der Waals surface area contributed by atoms with E-state index >= 15 is 0 Å². The second-order valence-corrected chi connectivity index (χ2v) is 12.5. The van der Waals surface area contributed by atoms with Crippen molar-refractivity contribution in [3.63, 3.8) is 0 Å². The molecule has 1 fully saturated rings. The van der Waals surface area contributed by atoms with E-state index in [1.54, 1.807) is 24.6 Å². The molecule has 6 rings (SSSR count). The maximum absolute atomic E-state index is 13.7. The average molecular weight is 608 g/mol. The van der Waals surface area contributed by atoms with Gasteiger partial charge in [-0.1, -0.05) is 30.3 Å². The zero-order chi connectivity index (χ0) is 31.9. The van der Waals surface area contributed by atoms with Crippen LogP contribution in [0.25, 0.3) is 28.2 Å². The molecule has 2 aromatic carbocycles. The van der Waals surface area contributed by atoms with Crippen molar-refractivity contribution in [2.24, 2.45) is 7.05 Å². The minimum absolute atomic E-state index is 0.00403. The quantitative estimate of drug-likeness (QED) is 0.240. The van der Waals surface area contributed by atoms with Crippen LogP contribution in [0.1, 0.15) is 59.6 Å². The Morgan fingerprint density at radius 2 is 1.89 bits per heavy atom. The highest BCUT2D eigenvalue weighted by Gasteiger charge is 2.27. The minimum atomic E-state index is -1.19. The van der Waals surface area contributed by atoms with Crippen LogP contribution in [0.4, 0.5) is 5.82 Å². The summed E-state index contributed by atoms with van der Waals surface area (Å²) in [5.41, 5.74) is 6.06. The number of nitrogens with zero attached hydrogens (tertiary/aromatic N) is 6. The molecule has 45 heavy (non-hydrogen) atoms. The van der Waals surface area contributed by atoms with Gasteiger partial charge >= 0.3 is 0 Å². The highest BCUT2D eigenvalue weighted by molar-refractivity contribution is 5.97. The molecule has 5 aromatic rings. The largest absolute Gasteiger partial charge is 0.384 e. The van der Waals surface area contributed by atoms with Gasteiger partial charge in [-0.25, -0.2) is 9.97 Å². The fourth-order valence-electron chi connectivity index (χ4n) is 5.99. The molecule has 1 saturated heterocycles. The Morgan fingerprint density at radius 1 is 1.11 bits per heavy atom. The molecule has 0 saturated carbocycles. The van der Waals surface area contributed by atoms with Crippen molar-refractivity contribution in [3.05, 3.63) is 89.0 Å². The first-order valence-corrected chi connectivity index (χ1v) is 15.4. The Hall–Kier alpha value is -4.54. The first-order valence-electron chi connectivity index (χ1n) is 15.4. The van der Waals surface area contributed by atoms with Crippen LogP contribution in [0, 0.1) is 13.8 Å². The third-order valence-electron chi connectivity index (χ3n) is 8.69. The molecule has 1 aliphatic rings. The average Bonchev–Trinajstić information content (AvgIpc) is 3.61. The predicted molar refractivity (Wildman–Crippen MR) is 175 cm³/mol. The summed E-state index contributed by atoms with van der Waals surface area (Å²) in [6.45, 7) is 9.23. The van der Waals surface area contributed by atoms with Crippen molar-refractivity contribution >= 4 is 17.4 Å². The maximum atomic E-state index is 13.7. The highest BCUT2D eigenvalue weighted by Crippen LogP contribution is 2.33. The maximum Gasteiger partial charge on any atom is 0.254 e. The molecule has 10 nitrogen and oxygen atoms in total. The van der Waals surface area contributed by atoms with Gasteiger partial charge in [0.15, 0.2) is 5.65 Å². The lowest BCUT2D eigenvalue weighted by molar-refractivity contribution is 0.0361. The fourth-order valence-corrected chi connectivity index (χ4v) is 5.99. The number of aryl methyl sites for hydroxylation is 3. The minimum Gasteiger partial charge on any atom is -0.384 e. The Balaban J connectivity index is 1.37. The van der Waals surface area contributed by atoms with Gasteiger partial charge in [-0.15, -0.1) is 0 Å². The third-order valence-corrected chi connectivity index (χ3v) is 8.69. The number of aliphatic hydroxyl groups is 1. The van der Waals surface area contributed by atoms with E-state index in [0.717, 1.165) is 52.2 Å². The number of benzene rings is 2. The molecule has 1 aliphatic heterocycles. The molecule has 0 bridgehead atoms. The Bertz CT molecular complexity index is 1860. The van der Waals surface area contributed by atoms with Gasteiger partial charge in [0.05, 0.1) is 11.4 Å². The van der Waals surface area contributed by atoms with Gasteiger partial charge < -0.3 is 24.6 Å². The molecule has 2 N–H and O–H groups in total. The number of nitrogens with one attached hydrogen (secondary N) is 1. The fraction of sp³-hybridized carbons (Fsp3) is 0.371. The second kappa shape index (κ2) is 12.1. The first-order chi connectivity index (χ1) is 21.5. The van der Waals surface area contributed by atoms with Crippen molar-refractivity contribution in [1.82, 2.24) is 29.0 Å². The topological polar surface area (TPSA) is 110 Å². The monoisotopic (exact) mass is 607 g/mol. The van der Waals surface area contributed by atoms with Crippen molar-refractivity contribution in [3.8, 4) is 22.5 Å². The Labute approximate surface area is 263 Å². The molecule has 0 aliphatic carbocycles. The number of imidazole rings is 1. The van der Waals surface area contributed by atoms with Gasteiger partial charge in [0.2, 0.25) is 0 Å². The van der Waals surface area contributed by atoms with E-state index in [4.69, 9.17) is 14.8 Å². The van der Waals surface area contributed by atoms with Gasteiger partial charge in [0, 0.05) is 75.0 Å². The van der Waals surface area contributed by atoms with Crippen LogP contribution in [0.5, 0.6) is 0 Å². The molecule has 4 heterocycles. The molecular formula is C35H41N7O3. The van der Waals surface area contributed by atoms with Crippen LogP contribution in [0.2, 0.25) is 0 Å². The Morgan fingerprint density at radius 3 is 2.60 bits per heavy atom. The van der Waals surface area contributed by atoms with Crippen molar-refractivity contribution in [1.29, 1.82) is 0 Å². The summed E-state index contributed by atoms with van der Waals surface area (Å²) in [5.74, 6) is 1.60. The smallest absolute Gasteiger partial charge is 0.254 e. The lowest BCUT2D eigenvalue weighted by atomic mass is 9.98.